The first kappa shape index (κ1) is 78.1. The van der Waals surface area contributed by atoms with Crippen LogP contribution in [0.4, 0.5) is 0 Å². The van der Waals surface area contributed by atoms with E-state index in [9.17, 15) is 43.2 Å². The topological polar surface area (TPSA) is 237 Å². The highest BCUT2D eigenvalue weighted by atomic mass is 31.2. The number of phosphoric acid groups is 2. The molecule has 474 valence electrons. The smallest absolute Gasteiger partial charge is 0.462 e. The number of phosphoric ester groups is 2. The minimum atomic E-state index is -4.94. The molecule has 17 nitrogen and oxygen atoms in total. The molecule has 0 aromatic rings. The molecule has 0 heterocycles. The number of carbonyl (C=O) groups is 4. The largest absolute Gasteiger partial charge is 0.472 e. The molecule has 0 aromatic carbocycles. The van der Waals surface area contributed by atoms with Gasteiger partial charge in [0.15, 0.2) is 12.2 Å². The fourth-order valence-electron chi connectivity index (χ4n) is 9.10. The quantitative estimate of drug-likeness (QED) is 0.0222. The van der Waals surface area contributed by atoms with E-state index in [4.69, 9.17) is 37.0 Å². The Kier molecular flexibility index (Phi) is 54.8. The second-order valence-electron chi connectivity index (χ2n) is 22.1. The van der Waals surface area contributed by atoms with Crippen LogP contribution in [0.5, 0.6) is 0 Å². The average Bonchev–Trinajstić information content (AvgIpc) is 3.43. The second-order valence-corrected chi connectivity index (χ2v) is 25.0. The number of aliphatic hydroxyl groups excluding tert-OH is 1. The van der Waals surface area contributed by atoms with Gasteiger partial charge in [-0.2, -0.15) is 0 Å². The van der Waals surface area contributed by atoms with Gasteiger partial charge in [-0.3, -0.25) is 37.3 Å². The number of ether oxygens (including phenoxy) is 4. The normalized spacial score (nSPS) is 14.2. The molecule has 2 unspecified atom stereocenters. The van der Waals surface area contributed by atoms with Gasteiger partial charge in [0, 0.05) is 25.7 Å². The number of esters is 4. The van der Waals surface area contributed by atoms with Crippen LogP contribution in [-0.2, 0) is 65.4 Å². The van der Waals surface area contributed by atoms with Crippen LogP contribution in [0.15, 0.2) is 0 Å². The Morgan fingerprint density at radius 1 is 0.300 bits per heavy atom. The van der Waals surface area contributed by atoms with Crippen LogP contribution in [0, 0.1) is 0 Å². The Hall–Kier alpha value is -1.94. The standard InChI is InChI=1S/C61H118O17P2/c1-5-9-13-17-21-24-26-28-31-34-38-42-46-59(64)72-52-57(77-60(65)47-43-39-35-30-23-19-15-11-7-3)54-76-80(69,70)74-50-55(62)49-73-79(67,68)75-53-56(51-71-58(63)45-41-37-33-20-16-12-8-4)78-61(66)48-44-40-36-32-29-27-25-22-18-14-10-6-2/h55-57,62H,5-54H2,1-4H3,(H,67,68)(H,69,70)/t55-,56+,57+/m0/s1. The SMILES string of the molecule is CCCCCCCCCCCCCCC(=O)OC[C@H](COP(=O)(O)OC[C@@H](O)COP(=O)(O)OC[C@@H](COC(=O)CCCCCCCCC)OC(=O)CCCCCCCCCCCCCC)OC(=O)CCCCCCCCCCC. The Bertz CT molecular complexity index is 1550. The molecule has 0 radical (unpaired) electrons. The Morgan fingerprint density at radius 3 is 0.738 bits per heavy atom. The minimum Gasteiger partial charge on any atom is -0.462 e. The highest BCUT2D eigenvalue weighted by molar-refractivity contribution is 7.47. The van der Waals surface area contributed by atoms with Crippen LogP contribution in [0.3, 0.4) is 0 Å². The number of unbranched alkanes of at least 4 members (excludes halogenated alkanes) is 36. The maximum absolute atomic E-state index is 12.9. The van der Waals surface area contributed by atoms with E-state index >= 15 is 0 Å². The van der Waals surface area contributed by atoms with Gasteiger partial charge in [-0.25, -0.2) is 9.13 Å². The van der Waals surface area contributed by atoms with Gasteiger partial charge in [-0.05, 0) is 25.7 Å². The van der Waals surface area contributed by atoms with E-state index in [0.717, 1.165) is 103 Å². The summed E-state index contributed by atoms with van der Waals surface area (Å²) in [7, 11) is -9.87. The van der Waals surface area contributed by atoms with Crippen molar-refractivity contribution in [2.45, 2.75) is 329 Å². The van der Waals surface area contributed by atoms with Crippen molar-refractivity contribution in [1.82, 2.24) is 0 Å². The maximum Gasteiger partial charge on any atom is 0.472 e. The summed E-state index contributed by atoms with van der Waals surface area (Å²) in [6.45, 7) is 4.82. The van der Waals surface area contributed by atoms with Crippen molar-refractivity contribution >= 4 is 39.5 Å². The van der Waals surface area contributed by atoms with Gasteiger partial charge in [-0.1, -0.05) is 259 Å². The highest BCUT2D eigenvalue weighted by Crippen LogP contribution is 2.45. The molecule has 0 fully saturated rings. The van der Waals surface area contributed by atoms with Crippen molar-refractivity contribution in [3.8, 4) is 0 Å². The van der Waals surface area contributed by atoms with E-state index in [0.29, 0.717) is 25.7 Å². The third-order valence-corrected chi connectivity index (χ3v) is 16.0. The molecule has 0 bridgehead atoms. The number of carbonyl (C=O) groups excluding carboxylic acids is 4. The van der Waals surface area contributed by atoms with Crippen LogP contribution in [0.2, 0.25) is 0 Å². The van der Waals surface area contributed by atoms with Gasteiger partial charge in [0.25, 0.3) is 0 Å². The lowest BCUT2D eigenvalue weighted by Crippen LogP contribution is -2.30. The summed E-state index contributed by atoms with van der Waals surface area (Å²) in [6, 6.07) is 0. The first-order valence-corrected chi connectivity index (χ1v) is 35.3. The lowest BCUT2D eigenvalue weighted by atomic mass is 10.0. The van der Waals surface area contributed by atoms with Crippen LogP contribution >= 0.6 is 15.6 Å². The molecule has 5 atom stereocenters. The zero-order chi connectivity index (χ0) is 59.1. The van der Waals surface area contributed by atoms with Crippen LogP contribution in [0.1, 0.15) is 310 Å². The van der Waals surface area contributed by atoms with Gasteiger partial charge in [0.05, 0.1) is 26.4 Å². The number of rotatable bonds is 62. The van der Waals surface area contributed by atoms with Crippen molar-refractivity contribution in [1.29, 1.82) is 0 Å². The fraction of sp³-hybridized carbons (Fsp3) is 0.934. The Morgan fingerprint density at radius 2 is 0.500 bits per heavy atom. The molecule has 0 aliphatic heterocycles. The summed E-state index contributed by atoms with van der Waals surface area (Å²) in [6.07, 6.45) is 40.3. The molecular weight excluding hydrogens is 1070 g/mol. The van der Waals surface area contributed by atoms with E-state index in [-0.39, 0.29) is 25.7 Å². The lowest BCUT2D eigenvalue weighted by Gasteiger charge is -2.21. The molecular formula is C61H118O17P2. The molecule has 0 saturated carbocycles. The van der Waals surface area contributed by atoms with E-state index in [1.807, 2.05) is 0 Å². The molecule has 19 heteroatoms. The third kappa shape index (κ3) is 55.3. The van der Waals surface area contributed by atoms with Gasteiger partial charge in [0.1, 0.15) is 19.3 Å². The second kappa shape index (κ2) is 56.2. The lowest BCUT2D eigenvalue weighted by molar-refractivity contribution is -0.161. The molecule has 80 heavy (non-hydrogen) atoms. The van der Waals surface area contributed by atoms with E-state index in [1.165, 1.54) is 128 Å². The van der Waals surface area contributed by atoms with Gasteiger partial charge in [-0.15, -0.1) is 0 Å². The summed E-state index contributed by atoms with van der Waals surface area (Å²) in [5.41, 5.74) is 0. The first-order chi connectivity index (χ1) is 38.7. The summed E-state index contributed by atoms with van der Waals surface area (Å²) < 4.78 is 67.8. The fourth-order valence-corrected chi connectivity index (χ4v) is 10.7. The Labute approximate surface area is 486 Å². The van der Waals surface area contributed by atoms with Crippen molar-refractivity contribution in [2.24, 2.45) is 0 Å². The van der Waals surface area contributed by atoms with E-state index in [1.54, 1.807) is 0 Å². The summed E-state index contributed by atoms with van der Waals surface area (Å²) in [5.74, 6) is -2.14. The highest BCUT2D eigenvalue weighted by Gasteiger charge is 2.30. The van der Waals surface area contributed by atoms with Crippen molar-refractivity contribution < 1.29 is 80.2 Å². The van der Waals surface area contributed by atoms with Gasteiger partial charge >= 0.3 is 39.5 Å². The monoisotopic (exact) mass is 1180 g/mol. The summed E-state index contributed by atoms with van der Waals surface area (Å²) in [5, 5.41) is 10.5. The average molecular weight is 1190 g/mol. The predicted molar refractivity (Wildman–Crippen MR) is 317 cm³/mol. The van der Waals surface area contributed by atoms with E-state index < -0.39 is 97.5 Å². The number of aliphatic hydroxyl groups is 1. The Balaban J connectivity index is 5.19. The van der Waals surface area contributed by atoms with Crippen molar-refractivity contribution in [3.63, 3.8) is 0 Å². The zero-order valence-corrected chi connectivity index (χ0v) is 52.8. The number of hydrogen-bond donors (Lipinski definition) is 3. The summed E-state index contributed by atoms with van der Waals surface area (Å²) in [4.78, 5) is 71.9. The minimum absolute atomic E-state index is 0.106. The molecule has 3 N–H and O–H groups in total. The van der Waals surface area contributed by atoms with Gasteiger partial charge < -0.3 is 33.8 Å². The van der Waals surface area contributed by atoms with Crippen LogP contribution in [0.25, 0.3) is 0 Å². The molecule has 0 amide bonds. The predicted octanol–water partition coefficient (Wildman–Crippen LogP) is 16.8. The molecule has 0 rings (SSSR count). The van der Waals surface area contributed by atoms with Crippen LogP contribution in [-0.4, -0.2) is 96.7 Å². The van der Waals surface area contributed by atoms with Crippen molar-refractivity contribution in [3.05, 3.63) is 0 Å². The maximum atomic E-state index is 12.9. The summed E-state index contributed by atoms with van der Waals surface area (Å²) >= 11 is 0. The van der Waals surface area contributed by atoms with Crippen LogP contribution < -0.4 is 0 Å². The zero-order valence-electron chi connectivity index (χ0n) is 51.0. The molecule has 0 aromatic heterocycles. The molecule has 0 aliphatic rings. The number of hydrogen-bond acceptors (Lipinski definition) is 15. The van der Waals surface area contributed by atoms with Gasteiger partial charge in [0.2, 0.25) is 0 Å². The van der Waals surface area contributed by atoms with Crippen molar-refractivity contribution in [2.75, 3.05) is 39.6 Å². The molecule has 0 saturated heterocycles. The molecule has 0 aliphatic carbocycles. The molecule has 0 spiro atoms. The first-order valence-electron chi connectivity index (χ1n) is 32.3. The third-order valence-electron chi connectivity index (χ3n) is 14.1. The van der Waals surface area contributed by atoms with E-state index in [2.05, 4.69) is 27.7 Å².